The minimum Gasteiger partial charge on any atom is -0.396 e. The van der Waals surface area contributed by atoms with Crippen molar-refractivity contribution < 1.29 is 10.0 Å². The molecule has 214 valence electrons. The van der Waals surface area contributed by atoms with Crippen molar-refractivity contribution in [3.8, 4) is 11.1 Å². The molecule has 0 amide bonds. The lowest BCUT2D eigenvalue weighted by Crippen LogP contribution is -2.23. The van der Waals surface area contributed by atoms with E-state index in [4.69, 9.17) is 0 Å². The van der Waals surface area contributed by atoms with Gasteiger partial charge in [0.25, 0.3) is 0 Å². The van der Waals surface area contributed by atoms with Gasteiger partial charge in [0.15, 0.2) is 0 Å². The molecule has 1 fully saturated rings. The zero-order chi connectivity index (χ0) is 28.5. The van der Waals surface area contributed by atoms with E-state index >= 15 is 0 Å². The molecule has 1 heterocycles. The first kappa shape index (κ1) is 29.4. The van der Waals surface area contributed by atoms with Crippen molar-refractivity contribution in [2.45, 2.75) is 59.5 Å². The van der Waals surface area contributed by atoms with Gasteiger partial charge in [-0.3, -0.25) is 15.0 Å². The van der Waals surface area contributed by atoms with Crippen molar-refractivity contribution in [3.63, 3.8) is 0 Å². The maximum atomic E-state index is 11.6. The highest BCUT2D eigenvalue weighted by Crippen LogP contribution is 2.30. The van der Waals surface area contributed by atoms with E-state index in [0.29, 0.717) is 30.9 Å². The number of aliphatic hydroxyl groups excluding tert-OH is 1. The molecule has 0 unspecified atom stereocenters. The van der Waals surface area contributed by atoms with Crippen LogP contribution in [0.3, 0.4) is 0 Å². The van der Waals surface area contributed by atoms with E-state index in [9.17, 15) is 15.2 Å². The third-order valence-electron chi connectivity index (χ3n) is 8.17. The van der Waals surface area contributed by atoms with Gasteiger partial charge in [0.1, 0.15) is 6.20 Å². The summed E-state index contributed by atoms with van der Waals surface area (Å²) >= 11 is 0. The molecule has 0 spiro atoms. The fourth-order valence-electron chi connectivity index (χ4n) is 5.49. The Balaban J connectivity index is 1.45. The van der Waals surface area contributed by atoms with Gasteiger partial charge in [-0.05, 0) is 91.4 Å². The largest absolute Gasteiger partial charge is 0.396 e. The average Bonchev–Trinajstić information content (AvgIpc) is 2.98. The minimum absolute atomic E-state index is 0.127. The molecule has 1 aliphatic rings. The van der Waals surface area contributed by atoms with Crippen LogP contribution in [0.4, 0.5) is 17.5 Å². The van der Waals surface area contributed by atoms with Crippen LogP contribution in [0.2, 0.25) is 0 Å². The van der Waals surface area contributed by atoms with E-state index in [2.05, 4.69) is 88.7 Å². The number of rotatable bonds is 13. The van der Waals surface area contributed by atoms with E-state index < -0.39 is 4.92 Å². The Hall–Kier alpha value is -3.56. The van der Waals surface area contributed by atoms with E-state index in [1.54, 1.807) is 0 Å². The Morgan fingerprint density at radius 3 is 2.48 bits per heavy atom. The van der Waals surface area contributed by atoms with Crippen molar-refractivity contribution in [3.05, 3.63) is 75.5 Å². The zero-order valence-corrected chi connectivity index (χ0v) is 23.9. The van der Waals surface area contributed by atoms with E-state index in [-0.39, 0.29) is 18.1 Å². The summed E-state index contributed by atoms with van der Waals surface area (Å²) in [5.74, 6) is 1.37. The third kappa shape index (κ3) is 7.55. The molecule has 4 rings (SSSR count). The van der Waals surface area contributed by atoms with Gasteiger partial charge in [-0.15, -0.1) is 0 Å². The highest BCUT2D eigenvalue weighted by molar-refractivity contribution is 5.69. The Kier molecular flexibility index (Phi) is 10.4. The highest BCUT2D eigenvalue weighted by atomic mass is 16.6. The number of aromatic nitrogens is 2. The quantitative estimate of drug-likeness (QED) is 0.176. The average molecular weight is 547 g/mol. The Labute approximate surface area is 237 Å². The van der Waals surface area contributed by atoms with Gasteiger partial charge in [-0.1, -0.05) is 50.2 Å². The summed E-state index contributed by atoms with van der Waals surface area (Å²) in [6.45, 7) is 10.8. The lowest BCUT2D eigenvalue weighted by molar-refractivity contribution is -0.384. The van der Waals surface area contributed by atoms with Crippen LogP contribution in [0, 0.1) is 28.9 Å². The van der Waals surface area contributed by atoms with E-state index in [1.165, 1.54) is 28.5 Å². The van der Waals surface area contributed by atoms with Crippen LogP contribution in [0.15, 0.2) is 48.7 Å². The predicted molar refractivity (Wildman–Crippen MR) is 160 cm³/mol. The normalized spacial score (nSPS) is 17.1. The van der Waals surface area contributed by atoms with E-state index in [1.807, 2.05) is 0 Å². The van der Waals surface area contributed by atoms with E-state index in [0.717, 1.165) is 50.9 Å². The second kappa shape index (κ2) is 14.2. The summed E-state index contributed by atoms with van der Waals surface area (Å²) in [6, 6.07) is 15.0. The van der Waals surface area contributed by atoms with Crippen molar-refractivity contribution in [1.82, 2.24) is 14.9 Å². The van der Waals surface area contributed by atoms with Gasteiger partial charge in [-0.2, -0.15) is 4.98 Å². The number of hydrogen-bond acceptors (Lipinski definition) is 8. The predicted octanol–water partition coefficient (Wildman–Crippen LogP) is 6.02. The zero-order valence-electron chi connectivity index (χ0n) is 23.9. The molecule has 1 saturated carbocycles. The van der Waals surface area contributed by atoms with Crippen molar-refractivity contribution >= 4 is 17.5 Å². The lowest BCUT2D eigenvalue weighted by atomic mass is 9.82. The molecule has 2 aromatic carbocycles. The molecule has 0 bridgehead atoms. The molecule has 9 nitrogen and oxygen atoms in total. The summed E-state index contributed by atoms with van der Waals surface area (Å²) in [6.07, 6.45) is 5.23. The Bertz CT molecular complexity index is 1270. The molecular formula is C31H42N6O3. The molecule has 0 atom stereocenters. The van der Waals surface area contributed by atoms with Gasteiger partial charge in [0.2, 0.25) is 11.8 Å². The standard InChI is InChI=1S/C31H42N6O3/c1-4-36(5-2)20-25-8-6-9-26(16-25)28-11-7-10-27(22(28)3)18-33-31-34-19-29(37(39)40)30(35-31)32-17-23-12-14-24(21-38)15-13-23/h6-11,16,19,23-24,38H,4-5,12-15,17-18,20-21H2,1-3H3,(H2,32,33,34,35). The number of nitro groups is 1. The highest BCUT2D eigenvalue weighted by Gasteiger charge is 2.23. The lowest BCUT2D eigenvalue weighted by Gasteiger charge is -2.27. The summed E-state index contributed by atoms with van der Waals surface area (Å²) in [7, 11) is 0. The van der Waals surface area contributed by atoms with Crippen LogP contribution in [0.25, 0.3) is 11.1 Å². The second-order valence-corrected chi connectivity index (χ2v) is 10.7. The molecule has 3 aromatic rings. The topological polar surface area (TPSA) is 116 Å². The molecule has 1 aromatic heterocycles. The number of anilines is 2. The fourth-order valence-corrected chi connectivity index (χ4v) is 5.49. The molecule has 3 N–H and O–H groups in total. The van der Waals surface area contributed by atoms with Crippen LogP contribution in [-0.2, 0) is 13.1 Å². The molecule has 9 heteroatoms. The molecule has 0 radical (unpaired) electrons. The first-order valence-corrected chi connectivity index (χ1v) is 14.4. The van der Waals surface area contributed by atoms with Crippen molar-refractivity contribution in [1.29, 1.82) is 0 Å². The number of hydrogen-bond donors (Lipinski definition) is 3. The molecule has 40 heavy (non-hydrogen) atoms. The van der Waals surface area contributed by atoms with Crippen LogP contribution in [-0.4, -0.2) is 51.1 Å². The van der Waals surface area contributed by atoms with Gasteiger partial charge < -0.3 is 15.7 Å². The minimum atomic E-state index is -0.448. The monoisotopic (exact) mass is 546 g/mol. The fraction of sp³-hybridized carbons (Fsp3) is 0.484. The first-order valence-electron chi connectivity index (χ1n) is 14.4. The van der Waals surface area contributed by atoms with Crippen LogP contribution >= 0.6 is 0 Å². The second-order valence-electron chi connectivity index (χ2n) is 10.7. The molecular weight excluding hydrogens is 504 g/mol. The van der Waals surface area contributed by atoms with Crippen LogP contribution in [0.1, 0.15) is 56.2 Å². The molecule has 0 saturated heterocycles. The summed E-state index contributed by atoms with van der Waals surface area (Å²) < 4.78 is 0. The Morgan fingerprint density at radius 2 is 1.77 bits per heavy atom. The number of benzene rings is 2. The maximum absolute atomic E-state index is 11.6. The van der Waals surface area contributed by atoms with Crippen molar-refractivity contribution in [2.75, 3.05) is 36.9 Å². The summed E-state index contributed by atoms with van der Waals surface area (Å²) in [4.78, 5) is 22.3. The molecule has 0 aliphatic heterocycles. The summed E-state index contributed by atoms with van der Waals surface area (Å²) in [5.41, 5.74) is 5.83. The van der Waals surface area contributed by atoms with Gasteiger partial charge in [-0.25, -0.2) is 4.98 Å². The van der Waals surface area contributed by atoms with Gasteiger partial charge in [0, 0.05) is 26.2 Å². The van der Waals surface area contributed by atoms with Crippen LogP contribution < -0.4 is 10.6 Å². The Morgan fingerprint density at radius 1 is 1.05 bits per heavy atom. The molecule has 1 aliphatic carbocycles. The van der Waals surface area contributed by atoms with Crippen LogP contribution in [0.5, 0.6) is 0 Å². The number of nitrogens with one attached hydrogen (secondary N) is 2. The maximum Gasteiger partial charge on any atom is 0.329 e. The van der Waals surface area contributed by atoms with Crippen molar-refractivity contribution in [2.24, 2.45) is 11.8 Å². The first-order chi connectivity index (χ1) is 19.4. The number of nitrogens with zero attached hydrogens (tertiary/aromatic N) is 4. The SMILES string of the molecule is CCN(CC)Cc1cccc(-c2cccc(CNc3ncc([N+](=O)[O-])c(NCC4CCC(CO)CC4)n3)c2C)c1. The smallest absolute Gasteiger partial charge is 0.329 e. The third-order valence-corrected chi connectivity index (χ3v) is 8.17. The number of aliphatic hydroxyl groups is 1. The van der Waals surface area contributed by atoms with Gasteiger partial charge in [0.05, 0.1) is 4.92 Å². The van der Waals surface area contributed by atoms with Gasteiger partial charge >= 0.3 is 5.69 Å². The summed E-state index contributed by atoms with van der Waals surface area (Å²) in [5, 5.41) is 27.5.